The Morgan fingerprint density at radius 1 is 1.23 bits per heavy atom. The van der Waals surface area contributed by atoms with Gasteiger partial charge in [-0.1, -0.05) is 12.1 Å². The molecule has 0 saturated heterocycles. The highest BCUT2D eigenvalue weighted by atomic mass is 16.3. The molecule has 2 aromatic heterocycles. The maximum absolute atomic E-state index is 12.7. The van der Waals surface area contributed by atoms with Crippen LogP contribution in [0.4, 0.5) is 0 Å². The van der Waals surface area contributed by atoms with E-state index in [1.54, 1.807) is 30.3 Å². The van der Waals surface area contributed by atoms with E-state index >= 15 is 0 Å². The summed E-state index contributed by atoms with van der Waals surface area (Å²) in [4.78, 5) is 17.0. The number of aromatic nitrogens is 1. The Labute approximate surface area is 178 Å². The number of furan rings is 1. The highest BCUT2D eigenvalue weighted by Gasteiger charge is 2.31. The van der Waals surface area contributed by atoms with Crippen molar-refractivity contribution in [3.05, 3.63) is 53.9 Å². The highest BCUT2D eigenvalue weighted by molar-refractivity contribution is 5.96. The van der Waals surface area contributed by atoms with Crippen molar-refractivity contribution in [1.29, 1.82) is 0 Å². The third-order valence-corrected chi connectivity index (χ3v) is 6.05. The fourth-order valence-electron chi connectivity index (χ4n) is 4.24. The minimum absolute atomic E-state index is 0.0939. The van der Waals surface area contributed by atoms with Crippen LogP contribution in [0.5, 0.6) is 0 Å². The number of pyridine rings is 1. The Balaban J connectivity index is 1.49. The normalized spacial score (nSPS) is 21.2. The van der Waals surface area contributed by atoms with Gasteiger partial charge in [0, 0.05) is 28.6 Å². The second kappa shape index (κ2) is 8.20. The first-order chi connectivity index (χ1) is 15.0. The van der Waals surface area contributed by atoms with E-state index in [2.05, 4.69) is 10.3 Å². The van der Waals surface area contributed by atoms with E-state index in [0.717, 1.165) is 25.7 Å². The molecule has 30 heavy (non-hydrogen) atoms. The molecule has 1 saturated carbocycles. The van der Waals surface area contributed by atoms with Crippen LogP contribution in [0, 0.1) is 5.92 Å². The maximum Gasteiger partial charge on any atom is 0.251 e. The second-order valence-corrected chi connectivity index (χ2v) is 8.55. The summed E-state index contributed by atoms with van der Waals surface area (Å²) in [7, 11) is 0. The van der Waals surface area contributed by atoms with Crippen molar-refractivity contribution in [3.8, 4) is 11.3 Å². The molecule has 6 heteroatoms. The Bertz CT molecular complexity index is 1110. The van der Waals surface area contributed by atoms with E-state index in [-0.39, 0.29) is 23.6 Å². The number of amides is 1. The molecule has 0 aliphatic heterocycles. The van der Waals surface area contributed by atoms with Crippen LogP contribution in [0.3, 0.4) is 0 Å². The molecule has 158 valence electrons. The largest absolute Gasteiger partial charge is 0.464 e. The van der Waals surface area contributed by atoms with E-state index in [9.17, 15) is 15.0 Å². The fourth-order valence-corrected chi connectivity index (χ4v) is 4.24. The molecule has 1 aliphatic rings. The molecule has 0 bridgehead atoms. The first kappa shape index (κ1) is 18.1. The first-order valence-electron chi connectivity index (χ1n) is 11.3. The maximum atomic E-state index is 12.7. The van der Waals surface area contributed by atoms with Gasteiger partial charge in [-0.2, -0.15) is 0 Å². The molecule has 2 heterocycles. The average Bonchev–Trinajstić information content (AvgIpc) is 3.21. The van der Waals surface area contributed by atoms with Crippen LogP contribution >= 0.6 is 0 Å². The van der Waals surface area contributed by atoms with Gasteiger partial charge >= 0.3 is 0 Å². The zero-order valence-electron chi connectivity index (χ0n) is 19.2. The van der Waals surface area contributed by atoms with Gasteiger partial charge in [0.25, 0.3) is 5.91 Å². The minimum Gasteiger partial charge on any atom is -0.464 e. The van der Waals surface area contributed by atoms with Crippen LogP contribution in [0.1, 0.15) is 58.3 Å². The first-order valence-corrected chi connectivity index (χ1v) is 10.3. The summed E-state index contributed by atoms with van der Waals surface area (Å²) in [6.45, 7) is 1.09. The summed E-state index contributed by atoms with van der Waals surface area (Å²) < 4.78 is 20.5. The molecule has 1 aromatic carbocycles. The van der Waals surface area contributed by atoms with Crippen molar-refractivity contribution in [1.82, 2.24) is 10.3 Å². The van der Waals surface area contributed by atoms with Crippen molar-refractivity contribution in [2.45, 2.75) is 57.7 Å². The minimum atomic E-state index is -2.60. The van der Waals surface area contributed by atoms with Gasteiger partial charge in [0.05, 0.1) is 32.6 Å². The number of carbonyl (C=O) groups is 1. The molecule has 0 radical (unpaired) electrons. The Hall–Kier alpha value is -2.70. The van der Waals surface area contributed by atoms with E-state index in [1.165, 1.54) is 12.3 Å². The van der Waals surface area contributed by atoms with E-state index in [4.69, 9.17) is 7.16 Å². The van der Waals surface area contributed by atoms with Crippen LogP contribution in [0.2, 0.25) is 0 Å². The lowest BCUT2D eigenvalue weighted by Crippen LogP contribution is -2.41. The van der Waals surface area contributed by atoms with E-state index in [0.29, 0.717) is 27.8 Å². The monoisotopic (exact) mass is 410 g/mol. The van der Waals surface area contributed by atoms with Gasteiger partial charge in [0.15, 0.2) is 0 Å². The lowest BCUT2D eigenvalue weighted by atomic mass is 9.77. The van der Waals surface area contributed by atoms with Crippen molar-refractivity contribution >= 4 is 16.9 Å². The number of hydrogen-bond acceptors (Lipinski definition) is 5. The molecule has 1 amide bonds. The van der Waals surface area contributed by atoms with Crippen molar-refractivity contribution in [2.75, 3.05) is 0 Å². The van der Waals surface area contributed by atoms with Crippen LogP contribution < -0.4 is 5.32 Å². The molecule has 0 spiro atoms. The van der Waals surface area contributed by atoms with Gasteiger partial charge in [0.2, 0.25) is 0 Å². The van der Waals surface area contributed by atoms with E-state index in [1.807, 2.05) is 13.8 Å². The molecule has 0 unspecified atom stereocenters. The van der Waals surface area contributed by atoms with Gasteiger partial charge in [-0.25, -0.2) is 4.98 Å². The molecular weight excluding hydrogens is 380 g/mol. The predicted molar refractivity (Wildman–Crippen MR) is 115 cm³/mol. The molecular formula is C24H28N2O4. The molecule has 4 rings (SSSR count). The molecule has 3 N–H and O–H groups in total. The third kappa shape index (κ3) is 4.25. The van der Waals surface area contributed by atoms with Crippen LogP contribution in [0.25, 0.3) is 22.2 Å². The third-order valence-electron chi connectivity index (χ3n) is 6.05. The molecule has 1 aliphatic carbocycles. The quantitative estimate of drug-likeness (QED) is 0.590. The highest BCUT2D eigenvalue weighted by Crippen LogP contribution is 2.33. The van der Waals surface area contributed by atoms with Crippen molar-refractivity contribution in [2.24, 2.45) is 5.92 Å². The van der Waals surface area contributed by atoms with Gasteiger partial charge in [-0.05, 0) is 63.6 Å². The van der Waals surface area contributed by atoms with Crippen LogP contribution in [0.15, 0.2) is 47.1 Å². The molecule has 0 atom stereocenters. The van der Waals surface area contributed by atoms with Gasteiger partial charge in [0.1, 0.15) is 5.58 Å². The molecule has 1 fully saturated rings. The lowest BCUT2D eigenvalue weighted by molar-refractivity contribution is -0.00257. The zero-order valence-corrected chi connectivity index (χ0v) is 17.2. The molecule has 6 nitrogen and oxygen atoms in total. The van der Waals surface area contributed by atoms with Crippen molar-refractivity contribution in [3.63, 3.8) is 0 Å². The number of nitrogens with one attached hydrogen (secondary N) is 1. The lowest BCUT2D eigenvalue weighted by Gasteiger charge is -2.36. The van der Waals surface area contributed by atoms with Gasteiger partial charge in [-0.3, -0.25) is 4.79 Å². The topological polar surface area (TPSA) is 95.6 Å². The molecule has 3 aromatic rings. The second-order valence-electron chi connectivity index (χ2n) is 8.55. The summed E-state index contributed by atoms with van der Waals surface area (Å²) in [5, 5.41) is 23.7. The number of fused-ring (bicyclic) bond motifs is 1. The zero-order chi connectivity index (χ0) is 23.1. The number of benzene rings is 1. The number of nitrogens with zero attached hydrogens (tertiary/aromatic N) is 1. The average molecular weight is 411 g/mol. The predicted octanol–water partition coefficient (Wildman–Crippen LogP) is 4.05. The van der Waals surface area contributed by atoms with Crippen LogP contribution in [-0.2, 0) is 6.56 Å². The fraction of sp³-hybridized carbons (Fsp3) is 0.417. The smallest absolute Gasteiger partial charge is 0.251 e. The SMILES string of the molecule is [2H]C([2H])(O)c1cc2occc2c(-c2ccc(C(=O)NC3CCC(C(C)(C)O)CC3)cc2)n1. The number of rotatable bonds is 5. The van der Waals surface area contributed by atoms with Gasteiger partial charge < -0.3 is 19.9 Å². The van der Waals surface area contributed by atoms with Crippen molar-refractivity contribution < 1.29 is 22.2 Å². The summed E-state index contributed by atoms with van der Waals surface area (Å²) in [5.41, 5.74) is 1.28. The standard InChI is InChI=1S/C24H28N2O4/c1-24(2,29)17-7-9-18(10-8-17)26-23(28)16-5-3-15(4-6-16)22-20-11-12-30-21(20)13-19(14-27)25-22/h3-6,11-13,17-18,27,29H,7-10,14H2,1-2H3,(H,26,28)/i14D2. The van der Waals surface area contributed by atoms with Crippen LogP contribution in [-0.4, -0.2) is 32.7 Å². The van der Waals surface area contributed by atoms with Gasteiger partial charge in [-0.15, -0.1) is 0 Å². The Kier molecular flexibility index (Phi) is 4.95. The Morgan fingerprint density at radius 3 is 2.57 bits per heavy atom. The number of hydrogen-bond donors (Lipinski definition) is 3. The number of aliphatic hydroxyl groups is 2. The summed E-state index contributed by atoms with van der Waals surface area (Å²) in [6.07, 6.45) is 4.94. The summed E-state index contributed by atoms with van der Waals surface area (Å²) in [5.74, 6) is 0.105. The summed E-state index contributed by atoms with van der Waals surface area (Å²) >= 11 is 0. The Morgan fingerprint density at radius 2 is 1.93 bits per heavy atom. The summed E-state index contributed by atoms with van der Waals surface area (Å²) in [6, 6.07) is 10.1. The van der Waals surface area contributed by atoms with E-state index < -0.39 is 12.2 Å². The number of carbonyl (C=O) groups excluding carboxylic acids is 1.